The summed E-state index contributed by atoms with van der Waals surface area (Å²) in [5.74, 6) is 0.471. The minimum absolute atomic E-state index is 0.0779. The van der Waals surface area contributed by atoms with Gasteiger partial charge in [0.05, 0.1) is 5.92 Å². The Balaban J connectivity index is 1.95. The second-order valence-electron chi connectivity index (χ2n) is 5.72. The zero-order valence-corrected chi connectivity index (χ0v) is 11.3. The molecule has 0 bridgehead atoms. The molecule has 102 valence electrons. The van der Waals surface area contributed by atoms with Gasteiger partial charge in [0.1, 0.15) is 0 Å². The average Bonchev–Trinajstić information content (AvgIpc) is 2.69. The Kier molecular flexibility index (Phi) is 3.90. The Morgan fingerprint density at radius 3 is 2.72 bits per heavy atom. The Morgan fingerprint density at radius 2 is 2.17 bits per heavy atom. The first-order chi connectivity index (χ1) is 8.49. The van der Waals surface area contributed by atoms with Gasteiger partial charge in [-0.15, -0.1) is 0 Å². The van der Waals surface area contributed by atoms with Crippen molar-refractivity contribution < 1.29 is 9.59 Å². The molecule has 3 unspecified atom stereocenters. The molecule has 0 spiro atoms. The van der Waals surface area contributed by atoms with Gasteiger partial charge in [0.15, 0.2) is 0 Å². The molecule has 0 aromatic rings. The summed E-state index contributed by atoms with van der Waals surface area (Å²) in [5, 5.41) is 0. The molecular formula is C13H23N3O2. The molecule has 0 aromatic heterocycles. The maximum atomic E-state index is 12.4. The summed E-state index contributed by atoms with van der Waals surface area (Å²) in [6, 6.07) is 0.133. The first-order valence-electron chi connectivity index (χ1n) is 6.77. The Bertz CT molecular complexity index is 343. The van der Waals surface area contributed by atoms with Gasteiger partial charge in [0, 0.05) is 39.1 Å². The molecule has 3 atom stereocenters. The largest absolute Gasteiger partial charge is 0.345 e. The molecule has 2 rings (SSSR count). The van der Waals surface area contributed by atoms with Gasteiger partial charge in [-0.2, -0.15) is 0 Å². The van der Waals surface area contributed by atoms with Crippen molar-refractivity contribution >= 4 is 11.8 Å². The molecular weight excluding hydrogens is 230 g/mol. The highest BCUT2D eigenvalue weighted by Crippen LogP contribution is 2.24. The monoisotopic (exact) mass is 253 g/mol. The van der Waals surface area contributed by atoms with Crippen LogP contribution in [0, 0.1) is 11.8 Å². The molecule has 0 aliphatic carbocycles. The van der Waals surface area contributed by atoms with Crippen molar-refractivity contribution in [3.63, 3.8) is 0 Å². The fraction of sp³-hybridized carbons (Fsp3) is 0.846. The van der Waals surface area contributed by atoms with Crippen LogP contribution < -0.4 is 5.73 Å². The number of hydrogen-bond donors (Lipinski definition) is 1. The lowest BCUT2D eigenvalue weighted by Gasteiger charge is -2.35. The SMILES string of the molecule is CC(N)C1CCCN(C(=O)C2CC(=O)N(C)C2)C1. The van der Waals surface area contributed by atoms with Gasteiger partial charge in [0.25, 0.3) is 0 Å². The molecule has 2 N–H and O–H groups in total. The lowest BCUT2D eigenvalue weighted by atomic mass is 9.91. The van der Waals surface area contributed by atoms with Crippen LogP contribution in [0.4, 0.5) is 0 Å². The van der Waals surface area contributed by atoms with Crippen LogP contribution in [0.15, 0.2) is 0 Å². The molecule has 2 saturated heterocycles. The molecule has 2 fully saturated rings. The molecule has 18 heavy (non-hydrogen) atoms. The van der Waals surface area contributed by atoms with Crippen molar-refractivity contribution in [2.75, 3.05) is 26.7 Å². The van der Waals surface area contributed by atoms with Crippen molar-refractivity contribution in [1.82, 2.24) is 9.80 Å². The summed E-state index contributed by atoms with van der Waals surface area (Å²) in [7, 11) is 1.76. The summed E-state index contributed by atoms with van der Waals surface area (Å²) in [6.07, 6.45) is 2.49. The van der Waals surface area contributed by atoms with Crippen LogP contribution in [0.2, 0.25) is 0 Å². The smallest absolute Gasteiger partial charge is 0.228 e. The minimum Gasteiger partial charge on any atom is -0.345 e. The van der Waals surface area contributed by atoms with E-state index < -0.39 is 0 Å². The summed E-state index contributed by atoms with van der Waals surface area (Å²) in [6.45, 7) is 4.14. The number of hydrogen-bond acceptors (Lipinski definition) is 3. The van der Waals surface area contributed by atoms with Crippen LogP contribution in [-0.4, -0.2) is 54.3 Å². The first-order valence-corrected chi connectivity index (χ1v) is 6.77. The van der Waals surface area contributed by atoms with Gasteiger partial charge in [-0.25, -0.2) is 0 Å². The summed E-state index contributed by atoms with van der Waals surface area (Å²) < 4.78 is 0. The molecule has 0 aromatic carbocycles. The normalized spacial score (nSPS) is 30.7. The lowest BCUT2D eigenvalue weighted by Crippen LogP contribution is -2.47. The van der Waals surface area contributed by atoms with Crippen LogP contribution in [0.1, 0.15) is 26.2 Å². The maximum Gasteiger partial charge on any atom is 0.228 e. The number of rotatable bonds is 2. The molecule has 5 nitrogen and oxygen atoms in total. The number of nitrogens with two attached hydrogens (primary N) is 1. The highest BCUT2D eigenvalue weighted by Gasteiger charge is 2.36. The minimum atomic E-state index is -0.144. The standard InChI is InChI=1S/C13H23N3O2/c1-9(14)10-4-3-5-16(8-10)13(18)11-6-12(17)15(2)7-11/h9-11H,3-8,14H2,1-2H3. The molecule has 0 saturated carbocycles. The van der Waals surface area contributed by atoms with E-state index in [1.165, 1.54) is 0 Å². The highest BCUT2D eigenvalue weighted by molar-refractivity contribution is 5.89. The van der Waals surface area contributed by atoms with E-state index >= 15 is 0 Å². The Labute approximate surface area is 108 Å². The third-order valence-electron chi connectivity index (χ3n) is 4.20. The predicted molar refractivity (Wildman–Crippen MR) is 68.7 cm³/mol. The molecule has 2 aliphatic heterocycles. The predicted octanol–water partition coefficient (Wildman–Crippen LogP) is 0.0505. The van der Waals surface area contributed by atoms with Crippen LogP contribution >= 0.6 is 0 Å². The number of carbonyl (C=O) groups is 2. The Hall–Kier alpha value is -1.10. The molecule has 0 radical (unpaired) electrons. The third-order valence-corrected chi connectivity index (χ3v) is 4.20. The van der Waals surface area contributed by atoms with E-state index in [4.69, 9.17) is 5.73 Å². The lowest BCUT2D eigenvalue weighted by molar-refractivity contribution is -0.137. The first kappa shape index (κ1) is 13.3. The van der Waals surface area contributed by atoms with E-state index in [-0.39, 0.29) is 23.8 Å². The molecule has 2 aliphatic rings. The average molecular weight is 253 g/mol. The maximum absolute atomic E-state index is 12.4. The third kappa shape index (κ3) is 2.66. The van der Waals surface area contributed by atoms with E-state index in [1.54, 1.807) is 11.9 Å². The van der Waals surface area contributed by atoms with Gasteiger partial charge in [-0.05, 0) is 25.7 Å². The topological polar surface area (TPSA) is 66.6 Å². The van der Waals surface area contributed by atoms with Gasteiger partial charge in [-0.1, -0.05) is 0 Å². The van der Waals surface area contributed by atoms with Gasteiger partial charge < -0.3 is 15.5 Å². The molecule has 2 amide bonds. The molecule has 5 heteroatoms. The van der Waals surface area contributed by atoms with Crippen molar-refractivity contribution in [2.24, 2.45) is 17.6 Å². The summed E-state index contributed by atoms with van der Waals surface area (Å²) in [5.41, 5.74) is 5.93. The number of amides is 2. The van der Waals surface area contributed by atoms with Crippen molar-refractivity contribution in [1.29, 1.82) is 0 Å². The molecule has 2 heterocycles. The fourth-order valence-corrected chi connectivity index (χ4v) is 2.93. The van der Waals surface area contributed by atoms with Crippen molar-refractivity contribution in [3.05, 3.63) is 0 Å². The number of carbonyl (C=O) groups excluding carboxylic acids is 2. The number of likely N-dealkylation sites (tertiary alicyclic amines) is 2. The zero-order chi connectivity index (χ0) is 13.3. The number of nitrogens with zero attached hydrogens (tertiary/aromatic N) is 2. The van der Waals surface area contributed by atoms with Crippen LogP contribution in [0.25, 0.3) is 0 Å². The fourth-order valence-electron chi connectivity index (χ4n) is 2.93. The van der Waals surface area contributed by atoms with E-state index in [1.807, 2.05) is 11.8 Å². The second-order valence-corrected chi connectivity index (χ2v) is 5.72. The van der Waals surface area contributed by atoms with Gasteiger partial charge in [-0.3, -0.25) is 9.59 Å². The van der Waals surface area contributed by atoms with Crippen molar-refractivity contribution in [3.8, 4) is 0 Å². The van der Waals surface area contributed by atoms with E-state index in [0.29, 0.717) is 18.9 Å². The quantitative estimate of drug-likeness (QED) is 0.756. The van der Waals surface area contributed by atoms with Gasteiger partial charge >= 0.3 is 0 Å². The van der Waals surface area contributed by atoms with Crippen LogP contribution in [-0.2, 0) is 9.59 Å². The summed E-state index contributed by atoms with van der Waals surface area (Å²) in [4.78, 5) is 27.4. The van der Waals surface area contributed by atoms with Gasteiger partial charge in [0.2, 0.25) is 11.8 Å². The Morgan fingerprint density at radius 1 is 1.44 bits per heavy atom. The second kappa shape index (κ2) is 5.26. The zero-order valence-electron chi connectivity index (χ0n) is 11.3. The van der Waals surface area contributed by atoms with E-state index in [2.05, 4.69) is 0 Å². The highest BCUT2D eigenvalue weighted by atomic mass is 16.2. The van der Waals surface area contributed by atoms with Crippen molar-refractivity contribution in [2.45, 2.75) is 32.2 Å². The summed E-state index contributed by atoms with van der Waals surface area (Å²) >= 11 is 0. The van der Waals surface area contributed by atoms with Crippen LogP contribution in [0.5, 0.6) is 0 Å². The van der Waals surface area contributed by atoms with E-state index in [9.17, 15) is 9.59 Å². The van der Waals surface area contributed by atoms with Crippen LogP contribution in [0.3, 0.4) is 0 Å². The van der Waals surface area contributed by atoms with E-state index in [0.717, 1.165) is 25.9 Å². The number of piperidine rings is 1.